The third-order valence-electron chi connectivity index (χ3n) is 1.95. The van der Waals surface area contributed by atoms with E-state index in [-0.39, 0.29) is 15.9 Å². The zero-order chi connectivity index (χ0) is 13.0. The van der Waals surface area contributed by atoms with Crippen molar-refractivity contribution in [2.24, 2.45) is 0 Å². The van der Waals surface area contributed by atoms with Crippen LogP contribution in [0.1, 0.15) is 22.8 Å². The van der Waals surface area contributed by atoms with E-state index in [0.29, 0.717) is 17.9 Å². The topological polar surface area (TPSA) is 48.4 Å². The number of methoxy groups -OCH3 is 1. The van der Waals surface area contributed by atoms with Gasteiger partial charge in [0.15, 0.2) is 0 Å². The molecule has 1 heterocycles. The van der Waals surface area contributed by atoms with E-state index in [9.17, 15) is 4.79 Å². The second-order valence-corrected chi connectivity index (χ2v) is 3.75. The van der Waals surface area contributed by atoms with Crippen molar-refractivity contribution in [1.29, 1.82) is 0 Å². The molecule has 92 valence electrons. The van der Waals surface area contributed by atoms with Crippen LogP contribution in [-0.4, -0.2) is 24.7 Å². The molecule has 6 heteroatoms. The van der Waals surface area contributed by atoms with E-state index in [1.54, 1.807) is 6.92 Å². The minimum absolute atomic E-state index is 0.0415. The highest BCUT2D eigenvalue weighted by atomic mass is 35.5. The Morgan fingerprint density at radius 2 is 2.18 bits per heavy atom. The predicted molar refractivity (Wildman–Crippen MR) is 66.3 cm³/mol. The Morgan fingerprint density at radius 1 is 1.53 bits per heavy atom. The number of carbonyl (C=O) groups is 1. The molecular weight excluding hydrogens is 265 g/mol. The fourth-order valence-electron chi connectivity index (χ4n) is 1.25. The zero-order valence-corrected chi connectivity index (χ0v) is 10.9. The van der Waals surface area contributed by atoms with Crippen LogP contribution in [0.25, 0.3) is 5.76 Å². The molecule has 0 radical (unpaired) electrons. The lowest BCUT2D eigenvalue weighted by Crippen LogP contribution is -2.08. The van der Waals surface area contributed by atoms with Crippen molar-refractivity contribution in [3.63, 3.8) is 0 Å². The lowest BCUT2D eigenvalue weighted by molar-refractivity contribution is 0.0599. The fourth-order valence-corrected chi connectivity index (χ4v) is 1.76. The van der Waals surface area contributed by atoms with Gasteiger partial charge in [-0.05, 0) is 13.0 Å². The summed E-state index contributed by atoms with van der Waals surface area (Å²) in [6.07, 6.45) is 0. The van der Waals surface area contributed by atoms with Gasteiger partial charge in [0.05, 0.1) is 13.7 Å². The van der Waals surface area contributed by atoms with Crippen LogP contribution in [0, 0.1) is 0 Å². The predicted octanol–water partition coefficient (Wildman–Crippen LogP) is 3.18. The monoisotopic (exact) mass is 275 g/mol. The molecule has 0 saturated heterocycles. The number of ether oxygens (including phenoxy) is 2. The molecule has 0 aliphatic heterocycles. The average molecular weight is 276 g/mol. The molecule has 0 aliphatic carbocycles. The molecule has 0 amide bonds. The van der Waals surface area contributed by atoms with E-state index >= 15 is 0 Å². The van der Waals surface area contributed by atoms with Crippen LogP contribution in [0.2, 0.25) is 10.3 Å². The number of nitrogens with zero attached hydrogens (tertiary/aromatic N) is 1. The van der Waals surface area contributed by atoms with Crippen molar-refractivity contribution in [1.82, 2.24) is 4.98 Å². The second-order valence-electron chi connectivity index (χ2n) is 3.01. The minimum Gasteiger partial charge on any atom is -0.494 e. The normalized spacial score (nSPS) is 9.88. The first-order valence-electron chi connectivity index (χ1n) is 4.77. The molecule has 0 spiro atoms. The van der Waals surface area contributed by atoms with Crippen LogP contribution < -0.4 is 0 Å². The standard InChI is InChI=1S/C11H11Cl2NO3/c1-4-17-6(2)7-5-8(12)14-10(13)9(7)11(15)16-3/h5H,2,4H2,1,3H3. The van der Waals surface area contributed by atoms with Crippen LogP contribution in [0.3, 0.4) is 0 Å². The number of esters is 1. The van der Waals surface area contributed by atoms with Gasteiger partial charge in [-0.1, -0.05) is 29.8 Å². The second kappa shape index (κ2) is 5.89. The van der Waals surface area contributed by atoms with Crippen molar-refractivity contribution >= 4 is 34.9 Å². The Bertz CT molecular complexity index is 460. The van der Waals surface area contributed by atoms with Gasteiger partial charge in [-0.15, -0.1) is 0 Å². The number of halogens is 2. The van der Waals surface area contributed by atoms with Gasteiger partial charge in [0.25, 0.3) is 0 Å². The maximum Gasteiger partial charge on any atom is 0.341 e. The van der Waals surface area contributed by atoms with E-state index in [2.05, 4.69) is 16.3 Å². The highest BCUT2D eigenvalue weighted by Crippen LogP contribution is 2.27. The van der Waals surface area contributed by atoms with E-state index in [0.717, 1.165) is 0 Å². The molecule has 1 aromatic heterocycles. The highest BCUT2D eigenvalue weighted by Gasteiger charge is 2.21. The Balaban J connectivity index is 3.35. The van der Waals surface area contributed by atoms with Crippen molar-refractivity contribution in [2.75, 3.05) is 13.7 Å². The van der Waals surface area contributed by atoms with E-state index in [4.69, 9.17) is 27.9 Å². The summed E-state index contributed by atoms with van der Waals surface area (Å²) in [5.41, 5.74) is 0.473. The molecule has 0 aliphatic rings. The first-order valence-corrected chi connectivity index (χ1v) is 5.53. The van der Waals surface area contributed by atoms with E-state index in [1.165, 1.54) is 13.2 Å². The Labute approximate surface area is 109 Å². The number of hydrogen-bond acceptors (Lipinski definition) is 4. The summed E-state index contributed by atoms with van der Waals surface area (Å²) in [6, 6.07) is 1.46. The fraction of sp³-hybridized carbons (Fsp3) is 0.273. The quantitative estimate of drug-likeness (QED) is 0.481. The van der Waals surface area contributed by atoms with Gasteiger partial charge in [0, 0.05) is 5.56 Å². The molecule has 0 aromatic carbocycles. The molecule has 0 atom stereocenters. The number of carbonyl (C=O) groups excluding carboxylic acids is 1. The van der Waals surface area contributed by atoms with Crippen molar-refractivity contribution < 1.29 is 14.3 Å². The van der Waals surface area contributed by atoms with Gasteiger partial charge in [-0.25, -0.2) is 9.78 Å². The van der Waals surface area contributed by atoms with Gasteiger partial charge in [-0.2, -0.15) is 0 Å². The summed E-state index contributed by atoms with van der Waals surface area (Å²) < 4.78 is 9.85. The van der Waals surface area contributed by atoms with Crippen molar-refractivity contribution in [3.05, 3.63) is 34.1 Å². The lowest BCUT2D eigenvalue weighted by atomic mass is 10.1. The number of aromatic nitrogens is 1. The first kappa shape index (κ1) is 13.8. The van der Waals surface area contributed by atoms with Gasteiger partial charge in [0.2, 0.25) is 0 Å². The van der Waals surface area contributed by atoms with Crippen LogP contribution in [0.4, 0.5) is 0 Å². The summed E-state index contributed by atoms with van der Waals surface area (Å²) in [4.78, 5) is 15.4. The maximum atomic E-state index is 11.6. The molecular formula is C11H11Cl2NO3. The zero-order valence-electron chi connectivity index (χ0n) is 9.42. The SMILES string of the molecule is C=C(OCC)c1cc(Cl)nc(Cl)c1C(=O)OC. The van der Waals surface area contributed by atoms with Crippen LogP contribution in [0.5, 0.6) is 0 Å². The summed E-state index contributed by atoms with van der Waals surface area (Å²) in [7, 11) is 1.25. The van der Waals surface area contributed by atoms with Gasteiger partial charge in [-0.3, -0.25) is 0 Å². The summed E-state index contributed by atoms with van der Waals surface area (Å²) >= 11 is 11.6. The van der Waals surface area contributed by atoms with Crippen LogP contribution in [-0.2, 0) is 9.47 Å². The van der Waals surface area contributed by atoms with Gasteiger partial charge >= 0.3 is 5.97 Å². The number of rotatable bonds is 4. The summed E-state index contributed by atoms with van der Waals surface area (Å²) in [6.45, 7) is 5.91. The van der Waals surface area contributed by atoms with Crippen LogP contribution in [0.15, 0.2) is 12.6 Å². The minimum atomic E-state index is -0.616. The van der Waals surface area contributed by atoms with Gasteiger partial charge in [0.1, 0.15) is 21.6 Å². The van der Waals surface area contributed by atoms with E-state index < -0.39 is 5.97 Å². The Morgan fingerprint density at radius 3 is 2.71 bits per heavy atom. The number of hydrogen-bond donors (Lipinski definition) is 0. The van der Waals surface area contributed by atoms with Crippen molar-refractivity contribution in [3.8, 4) is 0 Å². The molecule has 1 rings (SSSR count). The van der Waals surface area contributed by atoms with E-state index in [1.807, 2.05) is 0 Å². The molecule has 4 nitrogen and oxygen atoms in total. The summed E-state index contributed by atoms with van der Waals surface area (Å²) in [5, 5.41) is 0.110. The first-order chi connectivity index (χ1) is 8.01. The Kier molecular flexibility index (Phi) is 4.78. The molecule has 17 heavy (non-hydrogen) atoms. The lowest BCUT2D eigenvalue weighted by Gasteiger charge is -2.12. The highest BCUT2D eigenvalue weighted by molar-refractivity contribution is 6.35. The summed E-state index contributed by atoms with van der Waals surface area (Å²) in [5.74, 6) is -0.325. The molecule has 0 unspecified atom stereocenters. The average Bonchev–Trinajstić information content (AvgIpc) is 2.27. The molecule has 0 saturated carbocycles. The number of pyridine rings is 1. The molecule has 0 N–H and O–H groups in total. The third kappa shape index (κ3) is 3.11. The molecule has 0 fully saturated rings. The third-order valence-corrected chi connectivity index (χ3v) is 2.42. The van der Waals surface area contributed by atoms with Gasteiger partial charge < -0.3 is 9.47 Å². The smallest absolute Gasteiger partial charge is 0.341 e. The maximum absolute atomic E-state index is 11.6. The van der Waals surface area contributed by atoms with Crippen molar-refractivity contribution in [2.45, 2.75) is 6.92 Å². The molecule has 0 bridgehead atoms. The largest absolute Gasteiger partial charge is 0.494 e. The molecule has 1 aromatic rings. The Hall–Kier alpha value is -1.26. The van der Waals surface area contributed by atoms with Crippen LogP contribution >= 0.6 is 23.2 Å².